The van der Waals surface area contributed by atoms with Crippen LogP contribution in [0.2, 0.25) is 0 Å². The number of aryl methyl sites for hydroxylation is 1. The zero-order chi connectivity index (χ0) is 16.5. The van der Waals surface area contributed by atoms with E-state index in [0.717, 1.165) is 49.7 Å². The Labute approximate surface area is 140 Å². The minimum absolute atomic E-state index is 0.151. The molecule has 1 fully saturated rings. The van der Waals surface area contributed by atoms with Crippen molar-refractivity contribution in [1.82, 2.24) is 24.9 Å². The first-order valence-corrected chi connectivity index (χ1v) is 8.30. The van der Waals surface area contributed by atoms with Crippen LogP contribution < -0.4 is 0 Å². The third-order valence-electron chi connectivity index (χ3n) is 4.55. The number of rotatable bonds is 4. The molecule has 3 aromatic rings. The highest BCUT2D eigenvalue weighted by atomic mass is 16.5. The Morgan fingerprint density at radius 3 is 2.62 bits per heavy atom. The highest BCUT2D eigenvalue weighted by molar-refractivity contribution is 5.72. The average Bonchev–Trinajstić information content (AvgIpc) is 3.20. The smallest absolute Gasteiger partial charge is 0.243 e. The van der Waals surface area contributed by atoms with E-state index >= 15 is 0 Å². The van der Waals surface area contributed by atoms with Crippen molar-refractivity contribution in [3.05, 3.63) is 41.9 Å². The molecule has 126 valence electrons. The zero-order valence-electron chi connectivity index (χ0n) is 14.0. The van der Waals surface area contributed by atoms with Gasteiger partial charge in [-0.2, -0.15) is 4.98 Å². The van der Waals surface area contributed by atoms with E-state index in [4.69, 9.17) is 8.94 Å². The molecule has 0 spiro atoms. The highest BCUT2D eigenvalue weighted by Crippen LogP contribution is 2.21. The Morgan fingerprint density at radius 1 is 1.12 bits per heavy atom. The molecule has 0 unspecified atom stereocenters. The number of aromatic nitrogens is 3. The van der Waals surface area contributed by atoms with Crippen LogP contribution in [0.3, 0.4) is 0 Å². The largest absolute Gasteiger partial charge is 0.439 e. The number of hydrogen-bond donors (Lipinski definition) is 0. The SMILES string of the molecule is Cc1noc([C@@H](C)N2CCN(Cc3nc4ccccc4o3)CC2)n1. The van der Waals surface area contributed by atoms with E-state index in [2.05, 4.69) is 31.8 Å². The molecule has 1 aromatic carbocycles. The zero-order valence-corrected chi connectivity index (χ0v) is 14.0. The van der Waals surface area contributed by atoms with Gasteiger partial charge < -0.3 is 8.94 Å². The van der Waals surface area contributed by atoms with Crippen LogP contribution >= 0.6 is 0 Å². The van der Waals surface area contributed by atoms with Gasteiger partial charge in [-0.25, -0.2) is 4.98 Å². The molecule has 3 heterocycles. The van der Waals surface area contributed by atoms with E-state index in [-0.39, 0.29) is 6.04 Å². The van der Waals surface area contributed by atoms with Crippen molar-refractivity contribution in [2.75, 3.05) is 26.2 Å². The summed E-state index contributed by atoms with van der Waals surface area (Å²) in [6.07, 6.45) is 0. The standard InChI is InChI=1S/C17H21N5O2/c1-12(17-18-13(2)20-24-17)22-9-7-21(8-10-22)11-16-19-14-5-3-4-6-15(14)23-16/h3-6,12H,7-11H2,1-2H3/t12-/m1/s1. The summed E-state index contributed by atoms with van der Waals surface area (Å²) in [5, 5.41) is 3.88. The van der Waals surface area contributed by atoms with Gasteiger partial charge in [0.25, 0.3) is 0 Å². The average molecular weight is 327 g/mol. The lowest BCUT2D eigenvalue weighted by Gasteiger charge is -2.36. The van der Waals surface area contributed by atoms with E-state index < -0.39 is 0 Å². The molecule has 1 aliphatic rings. The second kappa shape index (κ2) is 6.33. The highest BCUT2D eigenvalue weighted by Gasteiger charge is 2.26. The molecule has 1 saturated heterocycles. The molecule has 1 atom stereocenters. The maximum Gasteiger partial charge on any atom is 0.243 e. The van der Waals surface area contributed by atoms with Gasteiger partial charge in [0.15, 0.2) is 11.4 Å². The van der Waals surface area contributed by atoms with Crippen molar-refractivity contribution >= 4 is 11.1 Å². The van der Waals surface area contributed by atoms with Crippen LogP contribution in [-0.2, 0) is 6.54 Å². The van der Waals surface area contributed by atoms with Crippen LogP contribution in [0.4, 0.5) is 0 Å². The van der Waals surface area contributed by atoms with Crippen molar-refractivity contribution in [2.24, 2.45) is 0 Å². The minimum Gasteiger partial charge on any atom is -0.439 e. The second-order valence-electron chi connectivity index (χ2n) is 6.24. The molecular weight excluding hydrogens is 306 g/mol. The van der Waals surface area contributed by atoms with Gasteiger partial charge in [0, 0.05) is 26.2 Å². The summed E-state index contributed by atoms with van der Waals surface area (Å²) in [6, 6.07) is 8.04. The van der Waals surface area contributed by atoms with Crippen molar-refractivity contribution in [2.45, 2.75) is 26.4 Å². The first-order chi connectivity index (χ1) is 11.7. The van der Waals surface area contributed by atoms with E-state index in [0.29, 0.717) is 11.7 Å². The lowest BCUT2D eigenvalue weighted by molar-refractivity contribution is 0.0801. The van der Waals surface area contributed by atoms with Gasteiger partial charge in [0.2, 0.25) is 11.8 Å². The molecular formula is C17H21N5O2. The quantitative estimate of drug-likeness (QED) is 0.728. The van der Waals surface area contributed by atoms with Crippen molar-refractivity contribution in [3.63, 3.8) is 0 Å². The Hall–Kier alpha value is -2.25. The Balaban J connectivity index is 1.35. The van der Waals surface area contributed by atoms with Gasteiger partial charge in [-0.15, -0.1) is 0 Å². The molecule has 24 heavy (non-hydrogen) atoms. The normalized spacial score (nSPS) is 18.2. The number of fused-ring (bicyclic) bond motifs is 1. The minimum atomic E-state index is 0.151. The molecule has 7 heteroatoms. The van der Waals surface area contributed by atoms with Crippen LogP contribution in [-0.4, -0.2) is 51.1 Å². The lowest BCUT2D eigenvalue weighted by Crippen LogP contribution is -2.46. The second-order valence-corrected chi connectivity index (χ2v) is 6.24. The van der Waals surface area contributed by atoms with Gasteiger partial charge >= 0.3 is 0 Å². The van der Waals surface area contributed by atoms with Crippen LogP contribution in [0.25, 0.3) is 11.1 Å². The summed E-state index contributed by atoms with van der Waals surface area (Å²) >= 11 is 0. The van der Waals surface area contributed by atoms with Crippen LogP contribution in [0.15, 0.2) is 33.2 Å². The Bertz CT molecular complexity index is 786. The van der Waals surface area contributed by atoms with Gasteiger partial charge in [0.1, 0.15) is 5.52 Å². The third-order valence-corrected chi connectivity index (χ3v) is 4.55. The van der Waals surface area contributed by atoms with E-state index in [1.54, 1.807) is 0 Å². The topological polar surface area (TPSA) is 71.4 Å². The van der Waals surface area contributed by atoms with Crippen molar-refractivity contribution in [3.8, 4) is 0 Å². The first kappa shape index (κ1) is 15.3. The summed E-state index contributed by atoms with van der Waals surface area (Å²) < 4.78 is 11.1. The lowest BCUT2D eigenvalue weighted by atomic mass is 10.2. The number of benzene rings is 1. The van der Waals surface area contributed by atoms with Crippen LogP contribution in [0, 0.1) is 6.92 Å². The molecule has 2 aromatic heterocycles. The molecule has 0 saturated carbocycles. The maximum absolute atomic E-state index is 5.82. The third kappa shape index (κ3) is 3.05. The molecule has 0 radical (unpaired) electrons. The summed E-state index contributed by atoms with van der Waals surface area (Å²) in [4.78, 5) is 13.6. The number of hydrogen-bond acceptors (Lipinski definition) is 7. The fourth-order valence-electron chi connectivity index (χ4n) is 3.13. The molecule has 0 N–H and O–H groups in total. The molecule has 7 nitrogen and oxygen atoms in total. The predicted molar refractivity (Wildman–Crippen MR) is 88.3 cm³/mol. The number of piperazine rings is 1. The molecule has 0 aliphatic carbocycles. The number of nitrogens with zero attached hydrogens (tertiary/aromatic N) is 5. The van der Waals surface area contributed by atoms with E-state index in [9.17, 15) is 0 Å². The fraction of sp³-hybridized carbons (Fsp3) is 0.471. The van der Waals surface area contributed by atoms with Crippen molar-refractivity contribution < 1.29 is 8.94 Å². The van der Waals surface area contributed by atoms with E-state index in [1.807, 2.05) is 31.2 Å². The summed E-state index contributed by atoms with van der Waals surface area (Å²) in [5.41, 5.74) is 1.78. The monoisotopic (exact) mass is 327 g/mol. The van der Waals surface area contributed by atoms with Gasteiger partial charge in [0.05, 0.1) is 12.6 Å². The van der Waals surface area contributed by atoms with E-state index in [1.165, 1.54) is 0 Å². The molecule has 1 aliphatic heterocycles. The predicted octanol–water partition coefficient (Wildman–Crippen LogP) is 2.40. The van der Waals surface area contributed by atoms with Crippen LogP contribution in [0.5, 0.6) is 0 Å². The maximum atomic E-state index is 5.82. The van der Waals surface area contributed by atoms with Crippen LogP contribution in [0.1, 0.15) is 30.6 Å². The molecule has 0 amide bonds. The fourth-order valence-corrected chi connectivity index (χ4v) is 3.13. The van der Waals surface area contributed by atoms with Gasteiger partial charge in [-0.05, 0) is 26.0 Å². The first-order valence-electron chi connectivity index (χ1n) is 8.30. The summed E-state index contributed by atoms with van der Waals surface area (Å²) in [6.45, 7) is 8.57. The van der Waals surface area contributed by atoms with Gasteiger partial charge in [-0.3, -0.25) is 9.80 Å². The Morgan fingerprint density at radius 2 is 1.92 bits per heavy atom. The van der Waals surface area contributed by atoms with Gasteiger partial charge in [-0.1, -0.05) is 17.3 Å². The number of oxazole rings is 1. The summed E-state index contributed by atoms with van der Waals surface area (Å²) in [7, 11) is 0. The number of para-hydroxylation sites is 2. The molecule has 0 bridgehead atoms. The molecule has 4 rings (SSSR count). The Kier molecular flexibility index (Phi) is 4.03. The van der Waals surface area contributed by atoms with Crippen molar-refractivity contribution in [1.29, 1.82) is 0 Å². The summed E-state index contributed by atoms with van der Waals surface area (Å²) in [5.74, 6) is 2.16.